The lowest BCUT2D eigenvalue weighted by atomic mass is 10.2. The Morgan fingerprint density at radius 1 is 1.32 bits per heavy atom. The van der Waals surface area contributed by atoms with Gasteiger partial charge in [-0.1, -0.05) is 12.1 Å². The van der Waals surface area contributed by atoms with E-state index in [1.54, 1.807) is 6.07 Å². The van der Waals surface area contributed by atoms with Gasteiger partial charge in [0.1, 0.15) is 0 Å². The molecule has 0 atom stereocenters. The summed E-state index contributed by atoms with van der Waals surface area (Å²) in [6.45, 7) is 0.489. The van der Waals surface area contributed by atoms with Gasteiger partial charge in [0.25, 0.3) is 0 Å². The molecule has 0 amide bonds. The molecule has 1 aromatic carbocycles. The van der Waals surface area contributed by atoms with E-state index in [4.69, 9.17) is 9.26 Å². The second-order valence-electron chi connectivity index (χ2n) is 4.59. The van der Waals surface area contributed by atoms with Crippen molar-refractivity contribution in [3.8, 4) is 22.9 Å². The molecule has 0 radical (unpaired) electrons. The van der Waals surface area contributed by atoms with Gasteiger partial charge in [-0.25, -0.2) is 0 Å². The van der Waals surface area contributed by atoms with Crippen molar-refractivity contribution in [1.29, 1.82) is 0 Å². The lowest BCUT2D eigenvalue weighted by Gasteiger charge is -2.10. The first-order valence-corrected chi connectivity index (χ1v) is 6.67. The molecule has 0 aliphatic rings. The molecule has 2 rings (SSSR count). The number of hydrogen-bond acceptors (Lipinski definition) is 6. The highest BCUT2D eigenvalue weighted by atomic mass is 19.3. The molecule has 0 N–H and O–H groups in total. The maximum atomic E-state index is 12.3. The second-order valence-corrected chi connectivity index (χ2v) is 4.59. The van der Waals surface area contributed by atoms with E-state index in [9.17, 15) is 8.78 Å². The molecule has 0 spiro atoms. The van der Waals surface area contributed by atoms with Gasteiger partial charge < -0.3 is 14.0 Å². The van der Waals surface area contributed by atoms with Crippen LogP contribution in [0.15, 0.2) is 22.7 Å². The normalized spacial score (nSPS) is 11.2. The number of hydrogen-bond donors (Lipinski definition) is 0. The molecule has 0 bridgehead atoms. The van der Waals surface area contributed by atoms with Crippen LogP contribution in [0.3, 0.4) is 0 Å². The van der Waals surface area contributed by atoms with E-state index in [0.717, 1.165) is 6.54 Å². The number of benzene rings is 1. The maximum Gasteiger partial charge on any atom is 0.387 e. The quantitative estimate of drug-likeness (QED) is 0.783. The molecule has 0 saturated carbocycles. The molecule has 0 fully saturated rings. The summed E-state index contributed by atoms with van der Waals surface area (Å²) in [4.78, 5) is 6.28. The molecule has 2 aromatic rings. The number of alkyl halides is 2. The van der Waals surface area contributed by atoms with Crippen LogP contribution in [0.2, 0.25) is 0 Å². The Labute approximate surface area is 126 Å². The molecular formula is C14H17F2N3O3. The summed E-state index contributed by atoms with van der Waals surface area (Å²) in [7, 11) is 3.30. The molecule has 0 aliphatic carbocycles. The van der Waals surface area contributed by atoms with Crippen LogP contribution in [0.1, 0.15) is 12.8 Å². The summed E-state index contributed by atoms with van der Waals surface area (Å²) in [6, 6.07) is 4.48. The minimum Gasteiger partial charge on any atom is -0.493 e. The van der Waals surface area contributed by atoms with Crippen molar-refractivity contribution >= 4 is 0 Å². The molecule has 6 nitrogen and oxygen atoms in total. The van der Waals surface area contributed by atoms with Crippen molar-refractivity contribution in [3.63, 3.8) is 0 Å². The van der Waals surface area contributed by atoms with Crippen molar-refractivity contribution in [2.75, 3.05) is 20.7 Å². The van der Waals surface area contributed by atoms with Gasteiger partial charge in [0.05, 0.1) is 13.7 Å². The minimum absolute atomic E-state index is 0.0457. The maximum absolute atomic E-state index is 12.3. The third-order valence-corrected chi connectivity index (χ3v) is 3.05. The lowest BCUT2D eigenvalue weighted by molar-refractivity contribution is -0.0512. The molecule has 120 valence electrons. The summed E-state index contributed by atoms with van der Waals surface area (Å²) in [5.41, 5.74) is 0.590. The highest BCUT2D eigenvalue weighted by Crippen LogP contribution is 2.32. The molecule has 0 unspecified atom stereocenters. The zero-order valence-corrected chi connectivity index (χ0v) is 12.5. The van der Waals surface area contributed by atoms with Crippen LogP contribution in [0.4, 0.5) is 8.78 Å². The largest absolute Gasteiger partial charge is 0.493 e. The van der Waals surface area contributed by atoms with Crippen LogP contribution in [-0.4, -0.2) is 42.4 Å². The third kappa shape index (κ3) is 3.91. The van der Waals surface area contributed by atoms with Gasteiger partial charge in [0.15, 0.2) is 11.5 Å². The molecule has 0 saturated heterocycles. The number of halogens is 2. The molecular weight excluding hydrogens is 296 g/mol. The van der Waals surface area contributed by atoms with Crippen molar-refractivity contribution in [2.24, 2.45) is 0 Å². The second kappa shape index (κ2) is 7.17. The van der Waals surface area contributed by atoms with Gasteiger partial charge in [-0.15, -0.1) is 0 Å². The Bertz CT molecular complexity index is 619. The molecule has 22 heavy (non-hydrogen) atoms. The van der Waals surface area contributed by atoms with Gasteiger partial charge in [0, 0.05) is 5.56 Å². The fraction of sp³-hybridized carbons (Fsp3) is 0.429. The molecule has 8 heteroatoms. The van der Waals surface area contributed by atoms with Crippen molar-refractivity contribution in [2.45, 2.75) is 20.1 Å². The van der Waals surface area contributed by atoms with Crippen molar-refractivity contribution in [1.82, 2.24) is 15.0 Å². The van der Waals surface area contributed by atoms with Crippen molar-refractivity contribution in [3.05, 3.63) is 24.1 Å². The Hall–Kier alpha value is -2.22. The van der Waals surface area contributed by atoms with E-state index in [2.05, 4.69) is 14.9 Å². The van der Waals surface area contributed by atoms with Crippen molar-refractivity contribution < 1.29 is 22.8 Å². The zero-order chi connectivity index (χ0) is 16.1. The fourth-order valence-electron chi connectivity index (χ4n) is 1.78. The van der Waals surface area contributed by atoms with Gasteiger partial charge >= 0.3 is 6.61 Å². The standard InChI is InChI=1S/C14H17F2N3O3/c1-4-19(2)8-12-17-13(18-22-12)9-5-6-10(21-14(15)16)11(7-9)20-3/h5-7,14H,4,8H2,1-3H3. The summed E-state index contributed by atoms with van der Waals surface area (Å²) >= 11 is 0. The highest BCUT2D eigenvalue weighted by molar-refractivity contribution is 5.60. The highest BCUT2D eigenvalue weighted by Gasteiger charge is 2.15. The van der Waals surface area contributed by atoms with Gasteiger partial charge in [0.2, 0.25) is 11.7 Å². The number of methoxy groups -OCH3 is 1. The van der Waals surface area contributed by atoms with Gasteiger partial charge in [-0.3, -0.25) is 4.90 Å². The SMILES string of the molecule is CCN(C)Cc1nc(-c2ccc(OC(F)F)c(OC)c2)no1. The Kier molecular flexibility index (Phi) is 5.26. The van der Waals surface area contributed by atoms with E-state index in [-0.39, 0.29) is 11.5 Å². The predicted molar refractivity (Wildman–Crippen MR) is 74.9 cm³/mol. The summed E-state index contributed by atoms with van der Waals surface area (Å²) in [5, 5.41) is 3.88. The summed E-state index contributed by atoms with van der Waals surface area (Å²) in [6.07, 6.45) is 0. The average Bonchev–Trinajstić information content (AvgIpc) is 2.95. The Morgan fingerprint density at radius 3 is 2.73 bits per heavy atom. The zero-order valence-electron chi connectivity index (χ0n) is 12.5. The first-order chi connectivity index (χ1) is 10.5. The van der Waals surface area contributed by atoms with E-state index < -0.39 is 6.61 Å². The van der Waals surface area contributed by atoms with Crippen LogP contribution in [-0.2, 0) is 6.54 Å². The first-order valence-electron chi connectivity index (χ1n) is 6.67. The minimum atomic E-state index is -2.92. The van der Waals surface area contributed by atoms with Crippen LogP contribution >= 0.6 is 0 Å². The van der Waals surface area contributed by atoms with E-state index in [1.807, 2.05) is 18.9 Å². The number of rotatable bonds is 7. The number of ether oxygens (including phenoxy) is 2. The number of nitrogens with zero attached hydrogens (tertiary/aromatic N) is 3. The molecule has 1 aromatic heterocycles. The Morgan fingerprint density at radius 2 is 2.09 bits per heavy atom. The van der Waals surface area contributed by atoms with E-state index in [0.29, 0.717) is 23.8 Å². The Balaban J connectivity index is 2.22. The van der Waals surface area contributed by atoms with E-state index >= 15 is 0 Å². The van der Waals surface area contributed by atoms with Crippen LogP contribution in [0, 0.1) is 0 Å². The van der Waals surface area contributed by atoms with Crippen LogP contribution in [0.5, 0.6) is 11.5 Å². The average molecular weight is 313 g/mol. The van der Waals surface area contributed by atoms with Crippen LogP contribution < -0.4 is 9.47 Å². The molecule has 1 heterocycles. The first kappa shape index (κ1) is 16.2. The topological polar surface area (TPSA) is 60.6 Å². The van der Waals surface area contributed by atoms with Gasteiger partial charge in [-0.05, 0) is 31.8 Å². The monoisotopic (exact) mass is 313 g/mol. The lowest BCUT2D eigenvalue weighted by Crippen LogP contribution is -2.16. The predicted octanol–water partition coefficient (Wildman–Crippen LogP) is 2.80. The fourth-order valence-corrected chi connectivity index (χ4v) is 1.78. The third-order valence-electron chi connectivity index (χ3n) is 3.05. The summed E-state index contributed by atoms with van der Waals surface area (Å²) in [5.74, 6) is 0.970. The summed E-state index contributed by atoms with van der Waals surface area (Å²) < 4.78 is 39.2. The smallest absolute Gasteiger partial charge is 0.387 e. The molecule has 0 aliphatic heterocycles. The van der Waals surface area contributed by atoms with Gasteiger partial charge in [-0.2, -0.15) is 13.8 Å². The van der Waals surface area contributed by atoms with E-state index in [1.165, 1.54) is 19.2 Å². The number of aromatic nitrogens is 2. The van der Waals surface area contributed by atoms with Crippen LogP contribution in [0.25, 0.3) is 11.4 Å².